The van der Waals surface area contributed by atoms with Gasteiger partial charge in [0, 0.05) is 5.59 Å². The lowest BCUT2D eigenvalue weighted by Gasteiger charge is -2.20. The van der Waals surface area contributed by atoms with Gasteiger partial charge in [-0.25, -0.2) is 0 Å². The zero-order chi connectivity index (χ0) is 9.52. The first-order valence-corrected chi connectivity index (χ1v) is 4.85. The maximum atomic E-state index is 4.45. The zero-order valence-corrected chi connectivity index (χ0v) is 9.86. The van der Waals surface area contributed by atoms with Crippen molar-refractivity contribution in [2.75, 3.05) is 0 Å². The summed E-state index contributed by atoms with van der Waals surface area (Å²) in [5, 5.41) is 4.45. The number of nitrogens with zero attached hydrogens (tertiary/aromatic N) is 2. The van der Waals surface area contributed by atoms with Gasteiger partial charge in [-0.2, -0.15) is 5.10 Å². The maximum absolute atomic E-state index is 4.45. The molecule has 1 aromatic rings. The van der Waals surface area contributed by atoms with Crippen LogP contribution < -0.4 is 5.59 Å². The summed E-state index contributed by atoms with van der Waals surface area (Å²) in [5.74, 6) is 0. The van der Waals surface area contributed by atoms with Crippen LogP contribution in [0.2, 0.25) is 0 Å². The van der Waals surface area contributed by atoms with E-state index in [0.29, 0.717) is 0 Å². The molecule has 0 aliphatic heterocycles. The fourth-order valence-electron chi connectivity index (χ4n) is 1.02. The molecule has 0 N–H and O–H groups in total. The summed E-state index contributed by atoms with van der Waals surface area (Å²) in [6.07, 6.45) is 0. The van der Waals surface area contributed by atoms with E-state index in [1.807, 2.05) is 12.5 Å². The van der Waals surface area contributed by atoms with E-state index in [4.69, 9.17) is 0 Å². The third kappa shape index (κ3) is 1.58. The minimum absolute atomic E-state index is 0.0534. The fraction of sp³-hybridized carbons (Fsp3) is 0.625. The second-order valence-electron chi connectivity index (χ2n) is 4.08. The molecule has 12 heavy (non-hydrogen) atoms. The lowest BCUT2D eigenvalue weighted by atomic mass is 10.0. The van der Waals surface area contributed by atoms with E-state index in [2.05, 4.69) is 48.7 Å². The van der Waals surface area contributed by atoms with Crippen molar-refractivity contribution < 1.29 is 0 Å². The van der Waals surface area contributed by atoms with E-state index in [-0.39, 0.29) is 5.54 Å². The Hall–Kier alpha value is -0.245. The SMILES string of the molecule is Bc1nn(C(C)(C)C)c(Br)c1C. The summed E-state index contributed by atoms with van der Waals surface area (Å²) in [5.41, 5.74) is 2.37. The van der Waals surface area contributed by atoms with Crippen molar-refractivity contribution in [3.63, 3.8) is 0 Å². The topological polar surface area (TPSA) is 17.8 Å². The molecule has 0 saturated carbocycles. The van der Waals surface area contributed by atoms with Gasteiger partial charge in [-0.05, 0) is 49.2 Å². The van der Waals surface area contributed by atoms with Crippen LogP contribution in [-0.2, 0) is 5.54 Å². The third-order valence-corrected chi connectivity index (χ3v) is 2.85. The number of aromatic nitrogens is 2. The summed E-state index contributed by atoms with van der Waals surface area (Å²) in [7, 11) is 2.03. The molecular weight excluding hydrogens is 215 g/mol. The molecule has 1 heterocycles. The van der Waals surface area contributed by atoms with Gasteiger partial charge in [-0.3, -0.25) is 4.68 Å². The van der Waals surface area contributed by atoms with Crippen LogP contribution in [0.15, 0.2) is 4.60 Å². The van der Waals surface area contributed by atoms with Gasteiger partial charge in [0.15, 0.2) is 7.85 Å². The van der Waals surface area contributed by atoms with Crippen LogP contribution in [0.1, 0.15) is 26.3 Å². The normalized spacial score (nSPS) is 12.1. The Morgan fingerprint density at radius 1 is 1.42 bits per heavy atom. The molecule has 1 rings (SSSR count). The molecule has 1 aromatic heterocycles. The highest BCUT2D eigenvalue weighted by Gasteiger charge is 2.19. The van der Waals surface area contributed by atoms with Gasteiger partial charge in [0.2, 0.25) is 0 Å². The van der Waals surface area contributed by atoms with Crippen LogP contribution in [0.3, 0.4) is 0 Å². The fourth-order valence-corrected chi connectivity index (χ4v) is 1.92. The standard InChI is InChI=1S/C8H14BBrN2/c1-5-6(9)11-12(7(5)10)8(2,3)4/h9H2,1-4H3. The summed E-state index contributed by atoms with van der Waals surface area (Å²) < 4.78 is 3.10. The molecule has 0 bridgehead atoms. The van der Waals surface area contributed by atoms with Crippen LogP contribution >= 0.6 is 15.9 Å². The summed E-state index contributed by atoms with van der Waals surface area (Å²) in [6.45, 7) is 8.51. The molecule has 0 saturated heterocycles. The van der Waals surface area contributed by atoms with Crippen molar-refractivity contribution in [1.29, 1.82) is 0 Å². The van der Waals surface area contributed by atoms with Gasteiger partial charge in [0.1, 0.15) is 4.60 Å². The Labute approximate surface area is 82.9 Å². The molecule has 0 atom stereocenters. The van der Waals surface area contributed by atoms with Crippen molar-refractivity contribution in [3.8, 4) is 0 Å². The molecule has 0 radical (unpaired) electrons. The first kappa shape index (κ1) is 9.84. The molecule has 0 aromatic carbocycles. The molecule has 0 aliphatic rings. The molecule has 0 spiro atoms. The average Bonchev–Trinajstić information content (AvgIpc) is 2.15. The largest absolute Gasteiger partial charge is 0.254 e. The van der Waals surface area contributed by atoms with E-state index in [0.717, 1.165) is 10.2 Å². The first-order valence-electron chi connectivity index (χ1n) is 4.06. The molecule has 0 aliphatic carbocycles. The minimum Gasteiger partial charge on any atom is -0.254 e. The van der Waals surface area contributed by atoms with Crippen molar-refractivity contribution in [1.82, 2.24) is 9.78 Å². The quantitative estimate of drug-likeness (QED) is 0.606. The number of hydrogen-bond donors (Lipinski definition) is 0. The van der Waals surface area contributed by atoms with Crippen LogP contribution in [0.25, 0.3) is 0 Å². The van der Waals surface area contributed by atoms with Crippen molar-refractivity contribution in [2.45, 2.75) is 33.2 Å². The van der Waals surface area contributed by atoms with Gasteiger partial charge in [0.05, 0.1) is 5.54 Å². The Morgan fingerprint density at radius 2 is 1.92 bits per heavy atom. The summed E-state index contributed by atoms with van der Waals surface area (Å²) in [6, 6.07) is 0. The Balaban J connectivity index is 3.28. The van der Waals surface area contributed by atoms with E-state index >= 15 is 0 Å². The minimum atomic E-state index is 0.0534. The van der Waals surface area contributed by atoms with Gasteiger partial charge in [-0.15, -0.1) is 0 Å². The molecule has 0 unspecified atom stereocenters. The Bertz CT molecular complexity index is 299. The number of halogens is 1. The molecular formula is C8H14BBrN2. The highest BCUT2D eigenvalue weighted by Crippen LogP contribution is 2.21. The second kappa shape index (κ2) is 2.91. The van der Waals surface area contributed by atoms with Gasteiger partial charge in [-0.1, -0.05) is 0 Å². The predicted octanol–water partition coefficient (Wildman–Crippen LogP) is 0.967. The Morgan fingerprint density at radius 3 is 2.08 bits per heavy atom. The molecule has 2 nitrogen and oxygen atoms in total. The van der Waals surface area contributed by atoms with E-state index in [9.17, 15) is 0 Å². The number of rotatable bonds is 0. The van der Waals surface area contributed by atoms with Gasteiger partial charge < -0.3 is 0 Å². The Kier molecular flexibility index (Phi) is 2.39. The lowest BCUT2D eigenvalue weighted by Crippen LogP contribution is -2.25. The van der Waals surface area contributed by atoms with E-state index < -0.39 is 0 Å². The molecule has 0 amide bonds. The molecule has 66 valence electrons. The smallest absolute Gasteiger partial charge is 0.166 e. The monoisotopic (exact) mass is 228 g/mol. The van der Waals surface area contributed by atoms with Gasteiger partial charge >= 0.3 is 0 Å². The summed E-state index contributed by atoms with van der Waals surface area (Å²) in [4.78, 5) is 0. The van der Waals surface area contributed by atoms with Crippen LogP contribution in [-0.4, -0.2) is 17.6 Å². The maximum Gasteiger partial charge on any atom is 0.166 e. The average molecular weight is 229 g/mol. The van der Waals surface area contributed by atoms with Crippen LogP contribution in [0.4, 0.5) is 0 Å². The van der Waals surface area contributed by atoms with Crippen molar-refractivity contribution >= 4 is 29.4 Å². The molecule has 4 heteroatoms. The number of hydrogen-bond acceptors (Lipinski definition) is 1. The zero-order valence-electron chi connectivity index (χ0n) is 8.27. The van der Waals surface area contributed by atoms with Crippen molar-refractivity contribution in [3.05, 3.63) is 10.2 Å². The van der Waals surface area contributed by atoms with Crippen LogP contribution in [0, 0.1) is 6.92 Å². The summed E-state index contributed by atoms with van der Waals surface area (Å²) >= 11 is 3.54. The lowest BCUT2D eigenvalue weighted by molar-refractivity contribution is 0.350. The molecule has 0 fully saturated rings. The predicted molar refractivity (Wildman–Crippen MR) is 57.8 cm³/mol. The highest BCUT2D eigenvalue weighted by atomic mass is 79.9. The third-order valence-electron chi connectivity index (χ3n) is 1.92. The van der Waals surface area contributed by atoms with Crippen molar-refractivity contribution in [2.24, 2.45) is 0 Å². The van der Waals surface area contributed by atoms with Gasteiger partial charge in [0.25, 0.3) is 0 Å². The highest BCUT2D eigenvalue weighted by molar-refractivity contribution is 9.10. The first-order chi connectivity index (χ1) is 5.34. The van der Waals surface area contributed by atoms with E-state index in [1.54, 1.807) is 0 Å². The van der Waals surface area contributed by atoms with E-state index in [1.165, 1.54) is 5.56 Å². The van der Waals surface area contributed by atoms with Crippen LogP contribution in [0.5, 0.6) is 0 Å². The second-order valence-corrected chi connectivity index (χ2v) is 4.83.